The summed E-state index contributed by atoms with van der Waals surface area (Å²) in [5, 5.41) is 12.5. The molecule has 2 aromatic carbocycles. The number of hydrogen-bond acceptors (Lipinski definition) is 3. The van der Waals surface area contributed by atoms with E-state index in [1.807, 2.05) is 48.6 Å². The number of hydrogen-bond donors (Lipinski definition) is 2. The zero-order valence-corrected chi connectivity index (χ0v) is 17.0. The van der Waals surface area contributed by atoms with Crippen LogP contribution in [0.1, 0.15) is 11.1 Å². The van der Waals surface area contributed by atoms with E-state index in [1.165, 1.54) is 6.08 Å². The van der Waals surface area contributed by atoms with Gasteiger partial charge in [-0.15, -0.1) is 0 Å². The lowest BCUT2D eigenvalue weighted by Crippen LogP contribution is -2.47. The Labute approximate surface area is 177 Å². The summed E-state index contributed by atoms with van der Waals surface area (Å²) >= 11 is 3.50. The third kappa shape index (κ3) is 4.00. The Morgan fingerprint density at radius 3 is 2.66 bits per heavy atom. The first-order chi connectivity index (χ1) is 14.0. The van der Waals surface area contributed by atoms with Gasteiger partial charge in [-0.2, -0.15) is 0 Å². The number of carbonyl (C=O) groups excluding carboxylic acids is 2. The second-order valence-corrected chi connectivity index (χ2v) is 7.79. The van der Waals surface area contributed by atoms with Crippen molar-refractivity contribution in [3.63, 3.8) is 0 Å². The monoisotopic (exact) mass is 447 g/mol. The van der Waals surface area contributed by atoms with Crippen LogP contribution in [-0.2, 0) is 9.59 Å². The summed E-state index contributed by atoms with van der Waals surface area (Å²) in [4.78, 5) is 26.0. The van der Waals surface area contributed by atoms with Gasteiger partial charge in [-0.3, -0.25) is 9.59 Å². The Morgan fingerprint density at radius 1 is 1.10 bits per heavy atom. The largest absolute Gasteiger partial charge is 0.508 e. The van der Waals surface area contributed by atoms with Crippen molar-refractivity contribution in [2.24, 2.45) is 5.92 Å². The van der Waals surface area contributed by atoms with Crippen LogP contribution in [0, 0.1) is 5.92 Å². The SMILES string of the molecule is O=C(C=Cc1cccc(O)c1)C1C(=O)NC2C=CC(Br)=CC2=C1c1ccccc1. The van der Waals surface area contributed by atoms with Crippen LogP contribution < -0.4 is 5.32 Å². The van der Waals surface area contributed by atoms with Crippen LogP contribution in [0.15, 0.2) is 89.0 Å². The van der Waals surface area contributed by atoms with Crippen LogP contribution in [-0.4, -0.2) is 22.8 Å². The predicted octanol–water partition coefficient (Wildman–Crippen LogP) is 4.39. The number of amides is 1. The Balaban J connectivity index is 1.78. The van der Waals surface area contributed by atoms with Gasteiger partial charge in [-0.05, 0) is 52.6 Å². The summed E-state index contributed by atoms with van der Waals surface area (Å²) in [6, 6.07) is 15.9. The van der Waals surface area contributed by atoms with E-state index >= 15 is 0 Å². The van der Waals surface area contributed by atoms with Crippen molar-refractivity contribution in [3.8, 4) is 5.75 Å². The van der Waals surface area contributed by atoms with E-state index < -0.39 is 5.92 Å². The maximum absolute atomic E-state index is 13.1. The molecule has 2 unspecified atom stereocenters. The third-order valence-corrected chi connectivity index (χ3v) is 5.41. The minimum Gasteiger partial charge on any atom is -0.508 e. The van der Waals surface area contributed by atoms with Gasteiger partial charge in [0.1, 0.15) is 11.7 Å². The lowest BCUT2D eigenvalue weighted by Gasteiger charge is -2.32. The van der Waals surface area contributed by atoms with Gasteiger partial charge in [-0.25, -0.2) is 0 Å². The average Bonchev–Trinajstić information content (AvgIpc) is 2.72. The number of halogens is 1. The number of rotatable bonds is 4. The van der Waals surface area contributed by atoms with Gasteiger partial charge in [0, 0.05) is 4.48 Å². The molecule has 5 heteroatoms. The molecule has 2 N–H and O–H groups in total. The number of phenols is 1. The molecular formula is C24H18BrNO3. The fourth-order valence-electron chi connectivity index (χ4n) is 3.61. The van der Waals surface area contributed by atoms with Crippen molar-refractivity contribution >= 4 is 39.3 Å². The molecule has 0 saturated carbocycles. The van der Waals surface area contributed by atoms with E-state index in [0.717, 1.165) is 15.6 Å². The van der Waals surface area contributed by atoms with Gasteiger partial charge < -0.3 is 10.4 Å². The molecule has 0 radical (unpaired) electrons. The van der Waals surface area contributed by atoms with Gasteiger partial charge >= 0.3 is 0 Å². The van der Waals surface area contributed by atoms with Crippen LogP contribution >= 0.6 is 15.9 Å². The first kappa shape index (κ1) is 19.2. The highest BCUT2D eigenvalue weighted by atomic mass is 79.9. The molecule has 1 aliphatic heterocycles. The minimum absolute atomic E-state index is 0.119. The summed E-state index contributed by atoms with van der Waals surface area (Å²) in [5.74, 6) is -1.46. The second-order valence-electron chi connectivity index (χ2n) is 6.87. The van der Waals surface area contributed by atoms with Crippen LogP contribution in [0.5, 0.6) is 5.75 Å². The van der Waals surface area contributed by atoms with E-state index in [9.17, 15) is 14.7 Å². The predicted molar refractivity (Wildman–Crippen MR) is 117 cm³/mol. The van der Waals surface area contributed by atoms with E-state index in [0.29, 0.717) is 11.1 Å². The number of fused-ring (bicyclic) bond motifs is 1. The highest BCUT2D eigenvalue weighted by Crippen LogP contribution is 2.37. The van der Waals surface area contributed by atoms with Gasteiger partial charge in [0.15, 0.2) is 5.78 Å². The van der Waals surface area contributed by atoms with E-state index in [1.54, 1.807) is 30.3 Å². The number of phenolic OH excluding ortho intramolecular Hbond substituents is 1. The van der Waals surface area contributed by atoms with E-state index in [4.69, 9.17) is 0 Å². The topological polar surface area (TPSA) is 66.4 Å². The lowest BCUT2D eigenvalue weighted by atomic mass is 9.78. The molecule has 2 aliphatic rings. The molecule has 1 heterocycles. The third-order valence-electron chi connectivity index (χ3n) is 4.92. The Morgan fingerprint density at radius 2 is 1.90 bits per heavy atom. The summed E-state index contributed by atoms with van der Waals surface area (Å²) in [5.41, 5.74) is 3.14. The van der Waals surface area contributed by atoms with Crippen molar-refractivity contribution in [2.75, 3.05) is 0 Å². The molecule has 0 fully saturated rings. The quantitative estimate of drug-likeness (QED) is 0.539. The minimum atomic E-state index is -0.944. The molecule has 1 aliphatic carbocycles. The van der Waals surface area contributed by atoms with Crippen LogP contribution in [0.4, 0.5) is 0 Å². The van der Waals surface area contributed by atoms with Gasteiger partial charge in [0.25, 0.3) is 0 Å². The van der Waals surface area contributed by atoms with Gasteiger partial charge in [-0.1, -0.05) is 70.5 Å². The molecule has 4 rings (SSSR count). The number of allylic oxidation sites excluding steroid dienone is 3. The molecule has 144 valence electrons. The molecule has 0 bridgehead atoms. The van der Waals surface area contributed by atoms with Crippen molar-refractivity contribution in [2.45, 2.75) is 6.04 Å². The zero-order chi connectivity index (χ0) is 20.4. The molecule has 2 aromatic rings. The summed E-state index contributed by atoms with van der Waals surface area (Å²) in [7, 11) is 0. The van der Waals surface area contributed by atoms with Crippen molar-refractivity contribution < 1.29 is 14.7 Å². The normalized spacial score (nSPS) is 21.0. The number of aromatic hydroxyl groups is 1. The van der Waals surface area contributed by atoms with Crippen LogP contribution in [0.2, 0.25) is 0 Å². The van der Waals surface area contributed by atoms with Crippen molar-refractivity contribution in [3.05, 3.63) is 100 Å². The molecule has 1 amide bonds. The number of benzene rings is 2. The summed E-state index contributed by atoms with van der Waals surface area (Å²) in [6.45, 7) is 0. The average molecular weight is 448 g/mol. The second kappa shape index (κ2) is 8.05. The molecule has 2 atom stereocenters. The van der Waals surface area contributed by atoms with Crippen molar-refractivity contribution in [1.29, 1.82) is 0 Å². The molecule has 4 nitrogen and oxygen atoms in total. The molecule has 0 saturated heterocycles. The summed E-state index contributed by atoms with van der Waals surface area (Å²) < 4.78 is 0.884. The maximum Gasteiger partial charge on any atom is 0.236 e. The molecule has 0 aromatic heterocycles. The number of ketones is 1. The van der Waals surface area contributed by atoms with Gasteiger partial charge in [0.05, 0.1) is 6.04 Å². The van der Waals surface area contributed by atoms with Crippen molar-refractivity contribution in [1.82, 2.24) is 5.32 Å². The Bertz CT molecular complexity index is 1100. The Kier molecular flexibility index (Phi) is 5.32. The van der Waals surface area contributed by atoms with Crippen LogP contribution in [0.3, 0.4) is 0 Å². The molecule has 0 spiro atoms. The fourth-order valence-corrected chi connectivity index (χ4v) is 4.01. The fraction of sp³-hybridized carbons (Fsp3) is 0.0833. The highest BCUT2D eigenvalue weighted by Gasteiger charge is 2.38. The maximum atomic E-state index is 13.1. The first-order valence-electron chi connectivity index (χ1n) is 9.19. The highest BCUT2D eigenvalue weighted by molar-refractivity contribution is 9.11. The standard InChI is InChI=1S/C24H18BrNO3/c25-17-10-11-20-19(14-17)22(16-6-2-1-3-7-16)23(24(29)26-20)21(28)12-9-15-5-4-8-18(27)13-15/h1-14,20,23,27H,(H,26,29). The first-order valence-corrected chi connectivity index (χ1v) is 9.98. The van der Waals surface area contributed by atoms with E-state index in [2.05, 4.69) is 21.2 Å². The number of nitrogens with one attached hydrogen (secondary N) is 1. The molecule has 29 heavy (non-hydrogen) atoms. The zero-order valence-electron chi connectivity index (χ0n) is 15.4. The summed E-state index contributed by atoms with van der Waals surface area (Å²) in [6.07, 6.45) is 8.76. The number of carbonyl (C=O) groups is 2. The Hall–Kier alpha value is -3.18. The van der Waals surface area contributed by atoms with Gasteiger partial charge in [0.2, 0.25) is 5.91 Å². The lowest BCUT2D eigenvalue weighted by molar-refractivity contribution is -0.129. The molecular weight excluding hydrogens is 430 g/mol. The smallest absolute Gasteiger partial charge is 0.236 e. The van der Waals surface area contributed by atoms with E-state index in [-0.39, 0.29) is 23.5 Å². The van der Waals surface area contributed by atoms with Crippen LogP contribution in [0.25, 0.3) is 11.6 Å².